The van der Waals surface area contributed by atoms with Gasteiger partial charge >= 0.3 is 0 Å². The normalized spacial score (nSPS) is 29.2. The Morgan fingerprint density at radius 2 is 1.95 bits per heavy atom. The molecule has 7 N–H and O–H groups in total. The average Bonchev–Trinajstić information content (AvgIpc) is 3.25. The van der Waals surface area contributed by atoms with Crippen LogP contribution in [0.15, 0.2) is 23.0 Å². The highest BCUT2D eigenvalue weighted by atomic mass is 35.5. The van der Waals surface area contributed by atoms with E-state index in [0.29, 0.717) is 35.8 Å². The molecule has 1 saturated heterocycles. The molecule has 5 rings (SSSR count). The van der Waals surface area contributed by atoms with Crippen molar-refractivity contribution in [3.8, 4) is 5.75 Å². The monoisotopic (exact) mass is 545 g/mol. The van der Waals surface area contributed by atoms with Gasteiger partial charge in [-0.3, -0.25) is 24.1 Å². The molecule has 4 atom stereocenters. The number of benzene rings is 1. The number of carbonyl (C=O) groups excluding carboxylic acids is 4. The number of phenolic OH excluding ortho intramolecular Hbond substituents is 1. The molecule has 0 spiro atoms. The molecule has 11 nitrogen and oxygen atoms in total. The summed E-state index contributed by atoms with van der Waals surface area (Å²) in [4.78, 5) is 51.2. The molecular formula is C26H28ClN3O8. The number of nitrogens with zero attached hydrogens (tertiary/aromatic N) is 1. The Labute approximate surface area is 222 Å². The molecule has 1 aromatic carbocycles. The number of aromatic hydroxyl groups is 1. The molecule has 1 unspecified atom stereocenters. The third-order valence-corrected chi connectivity index (χ3v) is 8.62. The fourth-order valence-corrected chi connectivity index (χ4v) is 6.75. The first-order valence-corrected chi connectivity index (χ1v) is 12.7. The van der Waals surface area contributed by atoms with E-state index in [1.807, 2.05) is 0 Å². The number of hydrogen-bond acceptors (Lipinski definition) is 9. The molecule has 202 valence electrons. The van der Waals surface area contributed by atoms with Gasteiger partial charge in [-0.25, -0.2) is 0 Å². The van der Waals surface area contributed by atoms with Gasteiger partial charge in [0.2, 0.25) is 11.7 Å². The van der Waals surface area contributed by atoms with Gasteiger partial charge < -0.3 is 31.5 Å². The smallest absolute Gasteiger partial charge is 0.255 e. The van der Waals surface area contributed by atoms with Crippen LogP contribution in [-0.2, 0) is 32.1 Å². The number of fused-ring (bicyclic) bond motifs is 3. The number of hydrogen-bond donors (Lipinski definition) is 6. The van der Waals surface area contributed by atoms with Gasteiger partial charge in [0.05, 0.1) is 5.56 Å². The second-order valence-corrected chi connectivity index (χ2v) is 10.9. The van der Waals surface area contributed by atoms with Gasteiger partial charge in [-0.15, -0.1) is 0 Å². The molecule has 0 radical (unpaired) electrons. The second-order valence-electron chi connectivity index (χ2n) is 10.6. The number of rotatable bonds is 4. The average molecular weight is 546 g/mol. The fourth-order valence-electron chi connectivity index (χ4n) is 6.46. The first-order chi connectivity index (χ1) is 17.8. The molecule has 1 saturated carbocycles. The molecule has 4 aliphatic rings. The first-order valence-electron chi connectivity index (χ1n) is 12.3. The maximum atomic E-state index is 13.5. The van der Waals surface area contributed by atoms with Crippen molar-refractivity contribution in [1.29, 1.82) is 0 Å². The van der Waals surface area contributed by atoms with Gasteiger partial charge in [-0.05, 0) is 42.4 Å². The maximum Gasteiger partial charge on any atom is 0.255 e. The lowest BCUT2D eigenvalue weighted by Crippen LogP contribution is -2.58. The van der Waals surface area contributed by atoms with E-state index in [-0.39, 0.29) is 48.1 Å². The summed E-state index contributed by atoms with van der Waals surface area (Å²) >= 11 is 6.77. The van der Waals surface area contributed by atoms with Crippen LogP contribution in [-0.4, -0.2) is 73.4 Å². The van der Waals surface area contributed by atoms with E-state index in [1.54, 1.807) is 0 Å². The number of aliphatic hydroxyl groups is 3. The molecule has 12 heteroatoms. The van der Waals surface area contributed by atoms with Crippen molar-refractivity contribution in [3.05, 3.63) is 44.7 Å². The number of nitrogens with two attached hydrogens (primary N) is 1. The summed E-state index contributed by atoms with van der Waals surface area (Å²) in [5.41, 5.74) is 2.57. The third-order valence-electron chi connectivity index (χ3n) is 8.15. The molecule has 0 aromatic heterocycles. The number of phenols is 1. The minimum Gasteiger partial charge on any atom is -0.508 e. The van der Waals surface area contributed by atoms with Gasteiger partial charge in [0.25, 0.3) is 5.91 Å². The van der Waals surface area contributed by atoms with E-state index < -0.39 is 52.0 Å². The lowest BCUT2D eigenvalue weighted by Gasteiger charge is -2.46. The summed E-state index contributed by atoms with van der Waals surface area (Å²) in [6, 6.07) is 1.43. The quantitative estimate of drug-likeness (QED) is 0.297. The van der Waals surface area contributed by atoms with Crippen LogP contribution in [0.2, 0.25) is 5.02 Å². The van der Waals surface area contributed by atoms with Crippen LogP contribution in [0.1, 0.15) is 42.9 Å². The van der Waals surface area contributed by atoms with E-state index in [9.17, 15) is 39.6 Å². The summed E-state index contributed by atoms with van der Waals surface area (Å²) in [6.45, 7) is 3.18. The Balaban J connectivity index is 1.52. The lowest BCUT2D eigenvalue weighted by molar-refractivity contribution is -0.147. The van der Waals surface area contributed by atoms with Crippen molar-refractivity contribution in [1.82, 2.24) is 10.2 Å². The van der Waals surface area contributed by atoms with Crippen molar-refractivity contribution in [2.75, 3.05) is 13.1 Å². The summed E-state index contributed by atoms with van der Waals surface area (Å²) < 4.78 is 0. The Kier molecular flexibility index (Phi) is 6.28. The van der Waals surface area contributed by atoms with Crippen molar-refractivity contribution < 1.29 is 39.6 Å². The number of aliphatic hydroxyl groups excluding tert-OH is 2. The molecule has 1 aliphatic heterocycles. The molecule has 38 heavy (non-hydrogen) atoms. The van der Waals surface area contributed by atoms with E-state index >= 15 is 0 Å². The number of ketones is 2. The van der Waals surface area contributed by atoms with Crippen LogP contribution in [0.4, 0.5) is 0 Å². The molecule has 1 aromatic rings. The lowest BCUT2D eigenvalue weighted by atomic mass is 9.59. The predicted molar refractivity (Wildman–Crippen MR) is 134 cm³/mol. The van der Waals surface area contributed by atoms with Crippen LogP contribution in [0.5, 0.6) is 5.75 Å². The topological polar surface area (TPSA) is 190 Å². The number of carbonyl (C=O) groups is 4. The zero-order valence-electron chi connectivity index (χ0n) is 20.6. The molecule has 2 fully saturated rings. The van der Waals surface area contributed by atoms with E-state index in [0.717, 1.165) is 6.42 Å². The standard InChI is InChI=1S/C26H28ClN3O8/c1-10(31)29-14-2-3-30(9-14)8-12-6-16(32)19-15(21(12)27)5-11-4-13-7-17(33)20(25(28)37)24(36)26(13,38)23(35)18(11)22(19)34/h6,11,13-14,32,34,36,38H,2-5,7-9H2,1H3,(H2,28,37)(H,29,31)/t11?,13-,14+,26-/m0/s1. The van der Waals surface area contributed by atoms with Crippen molar-refractivity contribution in [3.63, 3.8) is 0 Å². The third kappa shape index (κ3) is 3.88. The van der Waals surface area contributed by atoms with Gasteiger partial charge in [0.1, 0.15) is 22.8 Å². The summed E-state index contributed by atoms with van der Waals surface area (Å²) in [6.07, 6.45) is 0.566. The highest BCUT2D eigenvalue weighted by Crippen LogP contribution is 2.53. The number of Topliss-reactive ketones (excluding diaryl/α,β-unsaturated/α-hetero) is 2. The van der Waals surface area contributed by atoms with Crippen LogP contribution in [0, 0.1) is 11.8 Å². The summed E-state index contributed by atoms with van der Waals surface area (Å²) in [7, 11) is 0. The zero-order valence-corrected chi connectivity index (χ0v) is 21.3. The largest absolute Gasteiger partial charge is 0.508 e. The molecule has 3 aliphatic carbocycles. The number of likely N-dealkylation sites (tertiary alicyclic amines) is 1. The highest BCUT2D eigenvalue weighted by Gasteiger charge is 2.60. The molecule has 2 amide bonds. The van der Waals surface area contributed by atoms with Crippen LogP contribution in [0.25, 0.3) is 5.76 Å². The van der Waals surface area contributed by atoms with Gasteiger partial charge in [0, 0.05) is 55.5 Å². The highest BCUT2D eigenvalue weighted by molar-refractivity contribution is 6.32. The summed E-state index contributed by atoms with van der Waals surface area (Å²) in [5.74, 6) is -6.88. The van der Waals surface area contributed by atoms with E-state index in [2.05, 4.69) is 10.2 Å². The van der Waals surface area contributed by atoms with Gasteiger partial charge in [-0.2, -0.15) is 0 Å². The zero-order chi connectivity index (χ0) is 27.7. The first kappa shape index (κ1) is 26.2. The molecular weight excluding hydrogens is 518 g/mol. The predicted octanol–water partition coefficient (Wildman–Crippen LogP) is 0.788. The number of halogens is 1. The Bertz CT molecular complexity index is 1370. The van der Waals surface area contributed by atoms with Crippen molar-refractivity contribution in [2.45, 2.75) is 50.8 Å². The van der Waals surface area contributed by atoms with E-state index in [4.69, 9.17) is 17.3 Å². The maximum absolute atomic E-state index is 13.5. The van der Waals surface area contributed by atoms with Gasteiger partial charge in [0.15, 0.2) is 11.4 Å². The SMILES string of the molecule is CC(=O)N[C@@H]1CCN(Cc2cc(O)c3c(c2Cl)CC2C[C@H]4CC(=O)C(C(N)=O)=C(O)[C@@]4(O)C(=O)C2=C3O)C1. The van der Waals surface area contributed by atoms with Crippen LogP contribution in [0.3, 0.4) is 0 Å². The molecule has 0 bridgehead atoms. The van der Waals surface area contributed by atoms with Gasteiger partial charge in [-0.1, -0.05) is 11.6 Å². The summed E-state index contributed by atoms with van der Waals surface area (Å²) in [5, 5.41) is 47.2. The van der Waals surface area contributed by atoms with Crippen molar-refractivity contribution >= 4 is 40.7 Å². The molecule has 1 heterocycles. The minimum atomic E-state index is -2.60. The Hall–Kier alpha value is -3.41. The Morgan fingerprint density at radius 3 is 2.61 bits per heavy atom. The Morgan fingerprint density at radius 1 is 1.24 bits per heavy atom. The van der Waals surface area contributed by atoms with Crippen LogP contribution >= 0.6 is 11.6 Å². The van der Waals surface area contributed by atoms with Crippen LogP contribution < -0.4 is 11.1 Å². The van der Waals surface area contributed by atoms with E-state index in [1.165, 1.54) is 13.0 Å². The van der Waals surface area contributed by atoms with Crippen molar-refractivity contribution in [2.24, 2.45) is 17.6 Å². The minimum absolute atomic E-state index is 0.0118. The number of primary amides is 1. The number of amides is 2. The number of nitrogens with one attached hydrogen (secondary N) is 1. The fraction of sp³-hybridized carbons (Fsp3) is 0.462. The second kappa shape index (κ2) is 9.11.